The van der Waals surface area contributed by atoms with Gasteiger partial charge in [-0.05, 0) is 60.4 Å². The van der Waals surface area contributed by atoms with E-state index >= 15 is 0 Å². The number of aromatic nitrogens is 2. The van der Waals surface area contributed by atoms with Crippen molar-refractivity contribution in [2.24, 2.45) is 0 Å². The van der Waals surface area contributed by atoms with Crippen LogP contribution in [0.2, 0.25) is 0 Å². The van der Waals surface area contributed by atoms with Gasteiger partial charge in [-0.3, -0.25) is 14.4 Å². The molecule has 1 amide bonds. The first-order chi connectivity index (χ1) is 16.1. The Kier molecular flexibility index (Phi) is 5.80. The van der Waals surface area contributed by atoms with Crippen LogP contribution in [0.3, 0.4) is 0 Å². The van der Waals surface area contributed by atoms with Crippen LogP contribution in [-0.2, 0) is 25.9 Å². The Morgan fingerprint density at radius 1 is 1.21 bits per heavy atom. The molecule has 2 aromatic carbocycles. The van der Waals surface area contributed by atoms with E-state index in [9.17, 15) is 9.18 Å². The largest absolute Gasteiger partial charge is 0.491 e. The number of nitrogens with one attached hydrogen (secondary N) is 1. The fourth-order valence-electron chi connectivity index (χ4n) is 4.38. The van der Waals surface area contributed by atoms with E-state index in [1.54, 1.807) is 12.1 Å². The first kappa shape index (κ1) is 21.2. The molecular weight excluding hydrogens is 421 g/mol. The van der Waals surface area contributed by atoms with E-state index in [4.69, 9.17) is 10.00 Å². The van der Waals surface area contributed by atoms with Crippen molar-refractivity contribution in [3.05, 3.63) is 82.4 Å². The number of fused-ring (bicyclic) bond motifs is 2. The molecule has 0 bridgehead atoms. The Bertz CT molecular complexity index is 1210. The van der Waals surface area contributed by atoms with Crippen LogP contribution in [0.1, 0.15) is 32.9 Å². The lowest BCUT2D eigenvalue weighted by Gasteiger charge is -2.27. The van der Waals surface area contributed by atoms with Gasteiger partial charge in [0.1, 0.15) is 18.2 Å². The smallest absolute Gasteiger partial charge is 0.272 e. The van der Waals surface area contributed by atoms with Gasteiger partial charge in [-0.1, -0.05) is 12.1 Å². The molecule has 0 radical (unpaired) electrons. The summed E-state index contributed by atoms with van der Waals surface area (Å²) < 4.78 is 20.7. The number of carbonyl (C=O) groups excluding carboxylic acids is 1. The number of rotatable bonds is 5. The highest BCUT2D eigenvalue weighted by Crippen LogP contribution is 2.26. The normalized spacial score (nSPS) is 17.4. The number of carbonyl (C=O) groups is 1. The molecule has 0 unspecified atom stereocenters. The summed E-state index contributed by atoms with van der Waals surface area (Å²) in [5.41, 5.74) is 4.02. The number of nitriles is 1. The van der Waals surface area contributed by atoms with Crippen molar-refractivity contribution < 1.29 is 13.9 Å². The van der Waals surface area contributed by atoms with Crippen LogP contribution < -0.4 is 10.1 Å². The maximum Gasteiger partial charge on any atom is 0.272 e. The molecule has 1 atom stereocenters. The van der Waals surface area contributed by atoms with Gasteiger partial charge in [-0.25, -0.2) is 4.39 Å². The van der Waals surface area contributed by atoms with Crippen molar-refractivity contribution >= 4 is 5.91 Å². The second kappa shape index (κ2) is 9.04. The molecule has 3 heterocycles. The van der Waals surface area contributed by atoms with Gasteiger partial charge in [0.05, 0.1) is 29.9 Å². The summed E-state index contributed by atoms with van der Waals surface area (Å²) in [4.78, 5) is 15.2. The van der Waals surface area contributed by atoms with Crippen molar-refractivity contribution in [3.8, 4) is 11.8 Å². The molecule has 8 heteroatoms. The Balaban J connectivity index is 1.18. The third-order valence-electron chi connectivity index (χ3n) is 6.17. The summed E-state index contributed by atoms with van der Waals surface area (Å²) >= 11 is 0. The number of amides is 1. The van der Waals surface area contributed by atoms with Gasteiger partial charge in [-0.2, -0.15) is 10.4 Å². The second-order valence-electron chi connectivity index (χ2n) is 8.52. The van der Waals surface area contributed by atoms with Gasteiger partial charge in [0.25, 0.3) is 5.91 Å². The van der Waals surface area contributed by atoms with Crippen LogP contribution in [-0.4, -0.2) is 46.3 Å². The average molecular weight is 445 g/mol. The van der Waals surface area contributed by atoms with Crippen LogP contribution in [0.5, 0.6) is 5.75 Å². The van der Waals surface area contributed by atoms with Crippen LogP contribution >= 0.6 is 0 Å². The SMILES string of the molecule is N#Cc1ccc2c(c1)C[C@@H](NC(=O)c1cc3n(n1)CCN(CCc1ccc(F)cc1)C3)CO2. The third kappa shape index (κ3) is 4.73. The molecule has 0 saturated heterocycles. The van der Waals surface area contributed by atoms with E-state index in [0.717, 1.165) is 55.2 Å². The highest BCUT2D eigenvalue weighted by Gasteiger charge is 2.25. The van der Waals surface area contributed by atoms with Gasteiger partial charge in [0.15, 0.2) is 5.69 Å². The fourth-order valence-corrected chi connectivity index (χ4v) is 4.38. The molecule has 168 valence electrons. The lowest BCUT2D eigenvalue weighted by molar-refractivity contribution is 0.0909. The summed E-state index contributed by atoms with van der Waals surface area (Å²) in [6, 6.07) is 15.8. The Labute approximate surface area is 191 Å². The summed E-state index contributed by atoms with van der Waals surface area (Å²) in [5, 5.41) is 16.6. The molecule has 1 N–H and O–H groups in total. The summed E-state index contributed by atoms with van der Waals surface area (Å²) in [6.07, 6.45) is 1.46. The monoisotopic (exact) mass is 445 g/mol. The minimum atomic E-state index is -0.220. The van der Waals surface area contributed by atoms with Gasteiger partial charge < -0.3 is 10.1 Å². The summed E-state index contributed by atoms with van der Waals surface area (Å²) in [5.74, 6) is 0.322. The predicted octanol–water partition coefficient (Wildman–Crippen LogP) is 2.69. The van der Waals surface area contributed by atoms with Crippen LogP contribution in [0.4, 0.5) is 4.39 Å². The summed E-state index contributed by atoms with van der Waals surface area (Å²) in [6.45, 7) is 3.55. The van der Waals surface area contributed by atoms with Gasteiger partial charge in [0.2, 0.25) is 0 Å². The Hall–Kier alpha value is -3.70. The molecule has 0 fully saturated rings. The van der Waals surface area contributed by atoms with Crippen LogP contribution in [0.15, 0.2) is 48.5 Å². The zero-order valence-corrected chi connectivity index (χ0v) is 18.1. The zero-order chi connectivity index (χ0) is 22.8. The first-order valence-electron chi connectivity index (χ1n) is 11.1. The lowest BCUT2D eigenvalue weighted by Crippen LogP contribution is -2.42. The highest BCUT2D eigenvalue weighted by molar-refractivity contribution is 5.92. The maximum atomic E-state index is 13.1. The molecule has 0 aliphatic carbocycles. The maximum absolute atomic E-state index is 13.1. The number of benzene rings is 2. The molecular formula is C25H24FN5O2. The minimum absolute atomic E-state index is 0.176. The third-order valence-corrected chi connectivity index (χ3v) is 6.17. The number of ether oxygens (including phenoxy) is 1. The van der Waals surface area contributed by atoms with E-state index in [-0.39, 0.29) is 17.8 Å². The number of nitrogens with zero attached hydrogens (tertiary/aromatic N) is 4. The second-order valence-corrected chi connectivity index (χ2v) is 8.52. The molecule has 33 heavy (non-hydrogen) atoms. The Morgan fingerprint density at radius 2 is 2.06 bits per heavy atom. The van der Waals surface area contributed by atoms with E-state index < -0.39 is 0 Å². The molecule has 3 aromatic rings. The number of hydrogen-bond acceptors (Lipinski definition) is 5. The molecule has 0 spiro atoms. The highest BCUT2D eigenvalue weighted by atomic mass is 19.1. The molecule has 2 aliphatic heterocycles. The molecule has 7 nitrogen and oxygen atoms in total. The van der Waals surface area contributed by atoms with Crippen molar-refractivity contribution in [1.82, 2.24) is 20.0 Å². The van der Waals surface area contributed by atoms with Gasteiger partial charge in [-0.15, -0.1) is 0 Å². The van der Waals surface area contributed by atoms with Gasteiger partial charge >= 0.3 is 0 Å². The van der Waals surface area contributed by atoms with E-state index in [2.05, 4.69) is 21.4 Å². The van der Waals surface area contributed by atoms with E-state index in [1.807, 2.05) is 28.9 Å². The van der Waals surface area contributed by atoms with Gasteiger partial charge in [0, 0.05) is 19.6 Å². The standard InChI is InChI=1S/C25H24FN5O2/c26-20-4-1-17(2-5-20)7-8-30-9-10-31-22(15-30)13-23(29-31)25(32)28-21-12-19-11-18(14-27)3-6-24(19)33-16-21/h1-6,11,13,21H,7-10,12,15-16H2,(H,28,32)/t21-/m1/s1. The first-order valence-corrected chi connectivity index (χ1v) is 11.1. The van der Waals surface area contributed by atoms with Crippen molar-refractivity contribution in [2.75, 3.05) is 19.7 Å². The molecule has 1 aromatic heterocycles. The van der Waals surface area contributed by atoms with Crippen molar-refractivity contribution in [1.29, 1.82) is 5.26 Å². The van der Waals surface area contributed by atoms with E-state index in [0.29, 0.717) is 24.3 Å². The van der Waals surface area contributed by atoms with Crippen LogP contribution in [0, 0.1) is 17.1 Å². The predicted molar refractivity (Wildman–Crippen MR) is 119 cm³/mol. The number of hydrogen-bond donors (Lipinski definition) is 1. The van der Waals surface area contributed by atoms with E-state index in [1.165, 1.54) is 12.1 Å². The topological polar surface area (TPSA) is 83.2 Å². The summed E-state index contributed by atoms with van der Waals surface area (Å²) in [7, 11) is 0. The lowest BCUT2D eigenvalue weighted by atomic mass is 10.0. The van der Waals surface area contributed by atoms with Crippen LogP contribution in [0.25, 0.3) is 0 Å². The quantitative estimate of drug-likeness (QED) is 0.653. The van der Waals surface area contributed by atoms with Crippen molar-refractivity contribution in [3.63, 3.8) is 0 Å². The zero-order valence-electron chi connectivity index (χ0n) is 18.1. The fraction of sp³-hybridized carbons (Fsp3) is 0.320. The van der Waals surface area contributed by atoms with Crippen molar-refractivity contribution in [2.45, 2.75) is 32.0 Å². The number of halogens is 1. The molecule has 0 saturated carbocycles. The molecule has 2 aliphatic rings. The Morgan fingerprint density at radius 3 is 2.88 bits per heavy atom. The average Bonchev–Trinajstić information content (AvgIpc) is 3.27. The molecule has 5 rings (SSSR count). The minimum Gasteiger partial charge on any atom is -0.491 e.